The van der Waals surface area contributed by atoms with Crippen LogP contribution < -0.4 is 0 Å². The van der Waals surface area contributed by atoms with Gasteiger partial charge in [-0.15, -0.1) is 0 Å². The number of hydrogen-bond acceptors (Lipinski definition) is 11. The van der Waals surface area contributed by atoms with Crippen LogP contribution in [-0.2, 0) is 9.47 Å². The maximum absolute atomic E-state index is 9.57. The van der Waals surface area contributed by atoms with Gasteiger partial charge in [-0.1, -0.05) is 13.8 Å². The molecule has 27 heavy (non-hydrogen) atoms. The largest absolute Gasteiger partial charge is 0.396 e. The van der Waals surface area contributed by atoms with Crippen molar-refractivity contribution in [3.63, 3.8) is 0 Å². The van der Waals surface area contributed by atoms with Crippen molar-refractivity contribution in [1.29, 1.82) is 0 Å². The topological polar surface area (TPSA) is 201 Å². The van der Waals surface area contributed by atoms with Gasteiger partial charge in [0, 0.05) is 5.92 Å². The summed E-state index contributed by atoms with van der Waals surface area (Å²) in [6.07, 6.45) is -10.1. The third-order valence-electron chi connectivity index (χ3n) is 4.85. The molecule has 0 bridgehead atoms. The van der Waals surface area contributed by atoms with Gasteiger partial charge in [0.05, 0.1) is 38.1 Å². The maximum Gasteiger partial charge on any atom is 0.183 e. The van der Waals surface area contributed by atoms with E-state index in [-0.39, 0.29) is 12.5 Å². The molecular formula is C16H32O11. The second-order valence-electron chi connectivity index (χ2n) is 7.11. The van der Waals surface area contributed by atoms with Gasteiger partial charge in [0.1, 0.15) is 30.5 Å². The highest BCUT2D eigenvalue weighted by atomic mass is 16.6. The van der Waals surface area contributed by atoms with E-state index in [2.05, 4.69) is 0 Å². The Morgan fingerprint density at radius 3 is 1.63 bits per heavy atom. The van der Waals surface area contributed by atoms with Crippen LogP contribution in [0.3, 0.4) is 0 Å². The molecule has 0 radical (unpaired) electrons. The molecule has 0 aliphatic carbocycles. The minimum absolute atomic E-state index is 0.0150. The molecule has 0 saturated carbocycles. The summed E-state index contributed by atoms with van der Waals surface area (Å²) in [6, 6.07) is 0. The fourth-order valence-electron chi connectivity index (χ4n) is 3.09. The predicted molar refractivity (Wildman–Crippen MR) is 89.2 cm³/mol. The highest BCUT2D eigenvalue weighted by Crippen LogP contribution is 2.26. The van der Waals surface area contributed by atoms with Gasteiger partial charge in [0.25, 0.3) is 0 Å². The summed E-state index contributed by atoms with van der Waals surface area (Å²) in [5, 5.41) is 82.5. The van der Waals surface area contributed by atoms with Gasteiger partial charge in [-0.3, -0.25) is 0 Å². The SMILES string of the molecule is CC(C)C1OC(CO)C(O)C(O)C1O.OCC1OC(O)C(O)C(O)C1CO. The van der Waals surface area contributed by atoms with E-state index in [1.54, 1.807) is 0 Å². The lowest BCUT2D eigenvalue weighted by Crippen LogP contribution is -2.59. The van der Waals surface area contributed by atoms with E-state index in [0.717, 1.165) is 0 Å². The Hall–Kier alpha value is -0.440. The number of rotatable bonds is 4. The van der Waals surface area contributed by atoms with Crippen LogP contribution in [0.25, 0.3) is 0 Å². The van der Waals surface area contributed by atoms with E-state index < -0.39 is 74.3 Å². The van der Waals surface area contributed by atoms with Crippen molar-refractivity contribution in [2.75, 3.05) is 19.8 Å². The predicted octanol–water partition coefficient (Wildman–Crippen LogP) is -4.49. The Balaban J connectivity index is 0.000000271. The molecular weight excluding hydrogens is 368 g/mol. The second kappa shape index (κ2) is 10.9. The fraction of sp³-hybridized carbons (Fsp3) is 1.00. The molecule has 2 aliphatic heterocycles. The molecule has 0 spiro atoms. The normalized spacial score (nSPS) is 45.3. The molecule has 0 amide bonds. The van der Waals surface area contributed by atoms with E-state index in [1.807, 2.05) is 13.8 Å². The van der Waals surface area contributed by atoms with E-state index in [9.17, 15) is 20.4 Å². The summed E-state index contributed by atoms with van der Waals surface area (Å²) in [5.41, 5.74) is 0. The van der Waals surface area contributed by atoms with Crippen molar-refractivity contribution < 1.29 is 55.4 Å². The third-order valence-corrected chi connectivity index (χ3v) is 4.85. The summed E-state index contributed by atoms with van der Waals surface area (Å²) < 4.78 is 10.0. The second-order valence-corrected chi connectivity index (χ2v) is 7.11. The molecule has 10 atom stereocenters. The van der Waals surface area contributed by atoms with Gasteiger partial charge in [0.15, 0.2) is 6.29 Å². The smallest absolute Gasteiger partial charge is 0.183 e. The van der Waals surface area contributed by atoms with E-state index in [4.69, 9.17) is 35.0 Å². The van der Waals surface area contributed by atoms with Crippen LogP contribution in [0.5, 0.6) is 0 Å². The highest BCUT2D eigenvalue weighted by Gasteiger charge is 2.44. The molecule has 10 unspecified atom stereocenters. The van der Waals surface area contributed by atoms with Crippen LogP contribution >= 0.6 is 0 Å². The van der Waals surface area contributed by atoms with Crippen molar-refractivity contribution in [3.05, 3.63) is 0 Å². The minimum atomic E-state index is -1.52. The first-order valence-electron chi connectivity index (χ1n) is 8.82. The first-order valence-corrected chi connectivity index (χ1v) is 8.82. The lowest BCUT2D eigenvalue weighted by Gasteiger charge is -2.41. The van der Waals surface area contributed by atoms with Gasteiger partial charge in [-0.25, -0.2) is 0 Å². The van der Waals surface area contributed by atoms with Crippen LogP contribution in [0, 0.1) is 11.8 Å². The summed E-state index contributed by atoms with van der Waals surface area (Å²) in [7, 11) is 0. The van der Waals surface area contributed by atoms with Crippen molar-refractivity contribution in [1.82, 2.24) is 0 Å². The van der Waals surface area contributed by atoms with Crippen LogP contribution in [0.15, 0.2) is 0 Å². The van der Waals surface area contributed by atoms with Crippen LogP contribution in [0.1, 0.15) is 13.8 Å². The Bertz CT molecular complexity index is 419. The molecule has 162 valence electrons. The molecule has 2 aliphatic rings. The van der Waals surface area contributed by atoms with Crippen molar-refractivity contribution in [2.45, 2.75) is 69.0 Å². The van der Waals surface area contributed by atoms with Gasteiger partial charge < -0.3 is 55.4 Å². The molecule has 2 heterocycles. The Morgan fingerprint density at radius 2 is 1.19 bits per heavy atom. The minimum Gasteiger partial charge on any atom is -0.396 e. The Kier molecular flexibility index (Phi) is 9.96. The zero-order valence-electron chi connectivity index (χ0n) is 15.3. The van der Waals surface area contributed by atoms with Crippen LogP contribution in [-0.4, -0.2) is 121 Å². The summed E-state index contributed by atoms with van der Waals surface area (Å²) >= 11 is 0. The molecule has 9 N–H and O–H groups in total. The molecule has 0 aromatic rings. The average Bonchev–Trinajstić information content (AvgIpc) is 2.64. The Labute approximate surface area is 157 Å². The molecule has 11 nitrogen and oxygen atoms in total. The standard InChI is InChI=1S/C9H18O5.C7H14O6/c1-4(2)9-8(13)7(12)6(11)5(3-10)14-9;8-1-3-4(2-9)13-7(12)6(11)5(3)10/h4-13H,3H2,1-2H3;3-12H,1-2H2. The van der Waals surface area contributed by atoms with Gasteiger partial charge in [-0.2, -0.15) is 0 Å². The van der Waals surface area contributed by atoms with Crippen molar-refractivity contribution >= 4 is 0 Å². The lowest BCUT2D eigenvalue weighted by molar-refractivity contribution is -0.277. The number of aliphatic hydroxyl groups excluding tert-OH is 9. The highest BCUT2D eigenvalue weighted by molar-refractivity contribution is 4.92. The van der Waals surface area contributed by atoms with E-state index in [1.165, 1.54) is 0 Å². The van der Waals surface area contributed by atoms with Crippen LogP contribution in [0.4, 0.5) is 0 Å². The first-order chi connectivity index (χ1) is 12.6. The van der Waals surface area contributed by atoms with Gasteiger partial charge >= 0.3 is 0 Å². The van der Waals surface area contributed by atoms with Gasteiger partial charge in [-0.05, 0) is 5.92 Å². The lowest BCUT2D eigenvalue weighted by atomic mass is 9.90. The molecule has 0 aromatic heterocycles. The Morgan fingerprint density at radius 1 is 0.630 bits per heavy atom. The monoisotopic (exact) mass is 400 g/mol. The quantitative estimate of drug-likeness (QED) is 0.220. The molecule has 11 heteroatoms. The number of hydrogen-bond donors (Lipinski definition) is 9. The summed E-state index contributed by atoms with van der Waals surface area (Å²) in [6.45, 7) is 2.47. The van der Waals surface area contributed by atoms with E-state index >= 15 is 0 Å². The zero-order valence-corrected chi connectivity index (χ0v) is 15.3. The molecule has 2 fully saturated rings. The fourth-order valence-corrected chi connectivity index (χ4v) is 3.09. The maximum atomic E-state index is 9.57. The summed E-state index contributed by atoms with van der Waals surface area (Å²) in [5.74, 6) is -0.760. The zero-order chi connectivity index (χ0) is 20.9. The van der Waals surface area contributed by atoms with Crippen molar-refractivity contribution in [3.8, 4) is 0 Å². The van der Waals surface area contributed by atoms with E-state index in [0.29, 0.717) is 0 Å². The van der Waals surface area contributed by atoms with Crippen molar-refractivity contribution in [2.24, 2.45) is 11.8 Å². The molecule has 2 saturated heterocycles. The number of aliphatic hydroxyl groups is 9. The number of ether oxygens (including phenoxy) is 2. The summed E-state index contributed by atoms with van der Waals surface area (Å²) in [4.78, 5) is 0. The first kappa shape index (κ1) is 24.6. The van der Waals surface area contributed by atoms with Crippen LogP contribution in [0.2, 0.25) is 0 Å². The van der Waals surface area contributed by atoms with Gasteiger partial charge in [0.2, 0.25) is 0 Å². The molecule has 2 rings (SSSR count). The average molecular weight is 400 g/mol. The third kappa shape index (κ3) is 5.78. The molecule has 0 aromatic carbocycles.